The number of carbonyl (C=O) groups is 2. The van der Waals surface area contributed by atoms with Gasteiger partial charge >= 0.3 is 11.9 Å². The average molecular weight is 1150 g/mol. The van der Waals surface area contributed by atoms with Crippen LogP contribution >= 0.6 is 0 Å². The number of fused-ring (bicyclic) bond motifs is 2. The number of esters is 2. The Morgan fingerprint density at radius 2 is 0.807 bits per heavy atom. The van der Waals surface area contributed by atoms with Crippen LogP contribution in [-0.4, -0.2) is 68.4 Å². The highest BCUT2D eigenvalue weighted by Gasteiger charge is 2.24. The van der Waals surface area contributed by atoms with Crippen molar-refractivity contribution in [1.82, 2.24) is 29.1 Å². The van der Waals surface area contributed by atoms with Crippen molar-refractivity contribution in [2.45, 2.75) is 39.1 Å². The predicted octanol–water partition coefficient (Wildman–Crippen LogP) is 12.5. The molecular formula is C60H42F10N6O7. The Kier molecular flexibility index (Phi) is 16.6. The summed E-state index contributed by atoms with van der Waals surface area (Å²) in [5.41, 5.74) is -0.0236. The Hall–Kier alpha value is -9.48. The first-order chi connectivity index (χ1) is 39.9. The summed E-state index contributed by atoms with van der Waals surface area (Å²) >= 11 is 0. The van der Waals surface area contributed by atoms with E-state index >= 15 is 17.6 Å². The van der Waals surface area contributed by atoms with Gasteiger partial charge in [-0.25, -0.2) is 73.4 Å². The van der Waals surface area contributed by atoms with Crippen LogP contribution in [0.3, 0.4) is 0 Å². The van der Waals surface area contributed by atoms with Gasteiger partial charge in [0.1, 0.15) is 59.8 Å². The van der Waals surface area contributed by atoms with Gasteiger partial charge < -0.3 is 32.8 Å². The van der Waals surface area contributed by atoms with Crippen molar-refractivity contribution < 1.29 is 77.2 Å². The quantitative estimate of drug-likeness (QED) is 0.0311. The van der Waals surface area contributed by atoms with Crippen LogP contribution in [0.1, 0.15) is 54.6 Å². The second kappa shape index (κ2) is 24.3. The summed E-state index contributed by atoms with van der Waals surface area (Å²) in [5.74, 6) is -12.6. The summed E-state index contributed by atoms with van der Waals surface area (Å²) in [5, 5.41) is 0. The lowest BCUT2D eigenvalue weighted by Crippen LogP contribution is -2.14. The van der Waals surface area contributed by atoms with E-state index in [4.69, 9.17) is 23.7 Å². The number of rotatable bonds is 20. The average Bonchev–Trinajstić information content (AvgIpc) is 2.99. The number of halogens is 10. The molecule has 0 unspecified atom stereocenters. The molecule has 10 aromatic rings. The SMILES string of the molecule is COCCn1c(Cc2cc(F)c(-c3cccc(OCc4cc(F)c(F)cc4F)n3)cc2F)nc2ccc(C(=O)OC(=O)c3ccc4nc(Cc5cc(F)c(-c6cccc(OCc7cc(F)c(F)cc7F)n6)cc5F)n(CCOC)c4c3)cc21. The van der Waals surface area contributed by atoms with Crippen LogP contribution in [-0.2, 0) is 53.4 Å². The fourth-order valence-electron chi connectivity index (χ4n) is 9.06. The lowest BCUT2D eigenvalue weighted by atomic mass is 10.0. The molecule has 0 N–H and O–H groups in total. The smallest absolute Gasteiger partial charge is 0.346 e. The Morgan fingerprint density at radius 3 is 1.22 bits per heavy atom. The summed E-state index contributed by atoms with van der Waals surface area (Å²) in [7, 11) is 2.91. The summed E-state index contributed by atoms with van der Waals surface area (Å²) in [4.78, 5) is 45.0. The molecule has 0 aliphatic heterocycles. The molecule has 0 saturated carbocycles. The third kappa shape index (κ3) is 12.4. The summed E-state index contributed by atoms with van der Waals surface area (Å²) in [6.45, 7) is -0.497. The Morgan fingerprint density at radius 1 is 0.422 bits per heavy atom. The minimum atomic E-state index is -1.38. The van der Waals surface area contributed by atoms with E-state index in [1.165, 1.54) is 87.0 Å². The first-order valence-corrected chi connectivity index (χ1v) is 25.1. The van der Waals surface area contributed by atoms with Crippen LogP contribution in [0.5, 0.6) is 11.8 Å². The van der Waals surface area contributed by atoms with E-state index in [0.29, 0.717) is 46.3 Å². The Balaban J connectivity index is 0.839. The summed E-state index contributed by atoms with van der Waals surface area (Å²) < 4.78 is 176. The fraction of sp³-hybridized carbons (Fsp3) is 0.167. The molecule has 6 aromatic carbocycles. The van der Waals surface area contributed by atoms with Gasteiger partial charge in [-0.15, -0.1) is 0 Å². The molecule has 23 heteroatoms. The highest BCUT2D eigenvalue weighted by molar-refractivity contribution is 6.05. The maximum atomic E-state index is 15.9. The van der Waals surface area contributed by atoms with Gasteiger partial charge in [0.2, 0.25) is 11.8 Å². The van der Waals surface area contributed by atoms with Gasteiger partial charge in [-0.3, -0.25) is 0 Å². The fourth-order valence-corrected chi connectivity index (χ4v) is 9.06. The number of methoxy groups -OCH3 is 2. The maximum absolute atomic E-state index is 15.9. The van der Waals surface area contributed by atoms with E-state index in [1.807, 2.05) is 0 Å². The number of hydrogen-bond acceptors (Lipinski definition) is 11. The normalized spacial score (nSPS) is 11.5. The zero-order valence-corrected chi connectivity index (χ0v) is 43.5. The number of ether oxygens (including phenoxy) is 5. The van der Waals surface area contributed by atoms with Gasteiger partial charge in [-0.1, -0.05) is 12.1 Å². The number of imidazole rings is 2. The highest BCUT2D eigenvalue weighted by atomic mass is 19.2. The van der Waals surface area contributed by atoms with Crippen LogP contribution in [0.2, 0.25) is 0 Å². The zero-order chi connectivity index (χ0) is 58.6. The predicted molar refractivity (Wildman–Crippen MR) is 279 cm³/mol. The van der Waals surface area contributed by atoms with Crippen molar-refractivity contribution in [1.29, 1.82) is 0 Å². The number of aromatic nitrogens is 6. The number of nitrogens with zero attached hydrogens (tertiary/aromatic N) is 6. The third-order valence-corrected chi connectivity index (χ3v) is 13.2. The third-order valence-electron chi connectivity index (χ3n) is 13.2. The van der Waals surface area contributed by atoms with Crippen molar-refractivity contribution in [3.8, 4) is 34.3 Å². The standard InChI is InChI=1S/C60H42F10N6O7/c1-79-15-13-75-53-21-31(9-11-51(53)71-55(75)23-33-17-43(65)37(25-39(33)61)49-5-3-7-57(73-49)81-29-35-19-45(67)47(69)27-41(35)63)59(77)83-60(78)32-10-12-52-54(22-32)76(14-16-80-2)56(72-52)24-34-18-44(66)38(26-40(34)62)50-6-4-8-58(74-50)82-30-36-20-46(68)48(70)28-42(36)64/h3-12,17-22,25-28H,13-16,23-24,29-30H2,1-2H3. The van der Waals surface area contributed by atoms with E-state index in [1.54, 1.807) is 9.13 Å². The molecule has 13 nitrogen and oxygen atoms in total. The van der Waals surface area contributed by atoms with Crippen molar-refractivity contribution in [3.63, 3.8) is 0 Å². The molecule has 0 radical (unpaired) electrons. The number of benzene rings is 6. The Bertz CT molecular complexity index is 3890. The van der Waals surface area contributed by atoms with Crippen molar-refractivity contribution in [2.24, 2.45) is 0 Å². The number of hydrogen-bond donors (Lipinski definition) is 0. The second-order valence-corrected chi connectivity index (χ2v) is 18.6. The largest absolute Gasteiger partial charge is 0.473 e. The lowest BCUT2D eigenvalue weighted by molar-refractivity contribution is 0.0397. The molecule has 4 aromatic heterocycles. The minimum Gasteiger partial charge on any atom is -0.473 e. The zero-order valence-electron chi connectivity index (χ0n) is 43.5. The molecule has 0 spiro atoms. The molecule has 0 fully saturated rings. The molecule has 83 heavy (non-hydrogen) atoms. The molecule has 0 bridgehead atoms. The summed E-state index contributed by atoms with van der Waals surface area (Å²) in [6.07, 6.45) is -0.467. The second-order valence-electron chi connectivity index (χ2n) is 18.6. The topological polar surface area (TPSA) is 142 Å². The lowest BCUT2D eigenvalue weighted by Gasteiger charge is -2.12. The summed E-state index contributed by atoms with van der Waals surface area (Å²) in [6, 6.07) is 22.8. The van der Waals surface area contributed by atoms with E-state index in [0.717, 1.165) is 24.3 Å². The van der Waals surface area contributed by atoms with Gasteiger partial charge in [-0.2, -0.15) is 0 Å². The molecule has 424 valence electrons. The van der Waals surface area contributed by atoms with Crippen molar-refractivity contribution >= 4 is 34.0 Å². The van der Waals surface area contributed by atoms with Crippen molar-refractivity contribution in [3.05, 3.63) is 225 Å². The van der Waals surface area contributed by atoms with E-state index in [-0.39, 0.29) is 118 Å². The van der Waals surface area contributed by atoms with E-state index in [2.05, 4.69) is 19.9 Å². The molecule has 0 aliphatic rings. The van der Waals surface area contributed by atoms with Crippen molar-refractivity contribution in [2.75, 3.05) is 27.4 Å². The molecule has 0 saturated heterocycles. The van der Waals surface area contributed by atoms with Gasteiger partial charge in [-0.05, 0) is 96.1 Å². The highest BCUT2D eigenvalue weighted by Crippen LogP contribution is 2.32. The molecule has 10 rings (SSSR count). The van der Waals surface area contributed by atoms with Gasteiger partial charge in [0.05, 0.1) is 57.8 Å². The van der Waals surface area contributed by atoms with Crippen LogP contribution < -0.4 is 9.47 Å². The van der Waals surface area contributed by atoms with Gasteiger partial charge in [0.25, 0.3) is 0 Å². The van der Waals surface area contributed by atoms with Crippen LogP contribution in [0.15, 0.2) is 121 Å². The van der Waals surface area contributed by atoms with E-state index in [9.17, 15) is 35.9 Å². The van der Waals surface area contributed by atoms with Crippen LogP contribution in [0.4, 0.5) is 43.9 Å². The molecule has 0 atom stereocenters. The maximum Gasteiger partial charge on any atom is 0.346 e. The van der Waals surface area contributed by atoms with Crippen LogP contribution in [0, 0.1) is 58.2 Å². The van der Waals surface area contributed by atoms with Gasteiger partial charge in [0, 0.05) is 86.7 Å². The monoisotopic (exact) mass is 1150 g/mol. The van der Waals surface area contributed by atoms with Crippen LogP contribution in [0.25, 0.3) is 44.6 Å². The number of pyridine rings is 2. The minimum absolute atomic E-state index is 0.0460. The number of carbonyl (C=O) groups excluding carboxylic acids is 2. The van der Waals surface area contributed by atoms with E-state index < -0.39 is 83.3 Å². The molecular weight excluding hydrogens is 1110 g/mol. The first kappa shape index (κ1) is 56.8. The molecule has 4 heterocycles. The first-order valence-electron chi connectivity index (χ1n) is 25.1. The molecule has 0 amide bonds. The Labute approximate surface area is 464 Å². The molecule has 0 aliphatic carbocycles. The van der Waals surface area contributed by atoms with Gasteiger partial charge in [0.15, 0.2) is 23.3 Å².